The van der Waals surface area contributed by atoms with E-state index in [1.54, 1.807) is 0 Å². The van der Waals surface area contributed by atoms with Gasteiger partial charge in [0.05, 0.1) is 5.56 Å². The maximum Gasteiger partial charge on any atom is 0.416 e. The molecule has 0 bridgehead atoms. The van der Waals surface area contributed by atoms with E-state index in [2.05, 4.69) is 20.7 Å². The highest BCUT2D eigenvalue weighted by Crippen LogP contribution is 2.36. The molecule has 21 heavy (non-hydrogen) atoms. The van der Waals surface area contributed by atoms with Crippen LogP contribution in [-0.2, 0) is 6.18 Å². The van der Waals surface area contributed by atoms with Gasteiger partial charge in [0.2, 0.25) is 0 Å². The largest absolute Gasteiger partial charge is 0.448 e. The Balaban J connectivity index is 2.41. The van der Waals surface area contributed by atoms with E-state index in [4.69, 9.17) is 0 Å². The molecular formula is C13H5BrF6O. The Morgan fingerprint density at radius 2 is 1.43 bits per heavy atom. The lowest BCUT2D eigenvalue weighted by atomic mass is 10.2. The molecule has 0 N–H and O–H groups in total. The Morgan fingerprint density at radius 1 is 0.857 bits per heavy atom. The molecule has 0 aliphatic carbocycles. The van der Waals surface area contributed by atoms with Crippen molar-refractivity contribution in [3.05, 3.63) is 57.8 Å². The fourth-order valence-corrected chi connectivity index (χ4v) is 1.82. The third-order valence-corrected chi connectivity index (χ3v) is 2.92. The first-order valence-electron chi connectivity index (χ1n) is 5.37. The van der Waals surface area contributed by atoms with Crippen LogP contribution in [0.1, 0.15) is 5.56 Å². The molecule has 8 heteroatoms. The van der Waals surface area contributed by atoms with Gasteiger partial charge in [-0.25, -0.2) is 13.2 Å². The summed E-state index contributed by atoms with van der Waals surface area (Å²) in [7, 11) is 0. The topological polar surface area (TPSA) is 9.23 Å². The van der Waals surface area contributed by atoms with Crippen LogP contribution in [0.5, 0.6) is 11.5 Å². The third kappa shape index (κ3) is 3.49. The molecule has 0 atom stereocenters. The quantitative estimate of drug-likeness (QED) is 0.618. The molecule has 0 heterocycles. The van der Waals surface area contributed by atoms with Crippen molar-refractivity contribution < 1.29 is 31.1 Å². The van der Waals surface area contributed by atoms with Crippen LogP contribution in [0.4, 0.5) is 26.3 Å². The standard InChI is InChI=1S/C13H5BrF6O/c14-7-1-2-11(8(15)5-7)21-12-9(16)3-6(4-10(12)17)13(18,19)20/h1-5H. The summed E-state index contributed by atoms with van der Waals surface area (Å²) in [4.78, 5) is 0. The molecule has 0 aromatic heterocycles. The molecule has 0 amide bonds. The lowest BCUT2D eigenvalue weighted by molar-refractivity contribution is -0.138. The SMILES string of the molecule is Fc1cc(Br)ccc1Oc1c(F)cc(C(F)(F)F)cc1F. The monoisotopic (exact) mass is 370 g/mol. The van der Waals surface area contributed by atoms with Gasteiger partial charge in [-0.05, 0) is 30.3 Å². The van der Waals surface area contributed by atoms with Crippen molar-refractivity contribution in [2.45, 2.75) is 6.18 Å². The van der Waals surface area contributed by atoms with Gasteiger partial charge >= 0.3 is 6.18 Å². The first-order chi connectivity index (χ1) is 9.68. The molecule has 1 nitrogen and oxygen atoms in total. The molecule has 0 saturated heterocycles. The minimum atomic E-state index is -4.90. The highest BCUT2D eigenvalue weighted by molar-refractivity contribution is 9.10. The molecule has 0 aliphatic heterocycles. The molecule has 2 aromatic carbocycles. The highest BCUT2D eigenvalue weighted by atomic mass is 79.9. The van der Waals surface area contributed by atoms with Crippen LogP contribution in [0.3, 0.4) is 0 Å². The Hall–Kier alpha value is -1.70. The van der Waals surface area contributed by atoms with Gasteiger partial charge in [-0.15, -0.1) is 0 Å². The molecule has 2 aromatic rings. The van der Waals surface area contributed by atoms with E-state index < -0.39 is 40.7 Å². The maximum atomic E-state index is 13.5. The summed E-state index contributed by atoms with van der Waals surface area (Å²) in [5, 5.41) is 0. The number of ether oxygens (including phenoxy) is 1. The van der Waals surface area contributed by atoms with E-state index in [1.165, 1.54) is 6.07 Å². The van der Waals surface area contributed by atoms with E-state index in [9.17, 15) is 26.3 Å². The van der Waals surface area contributed by atoms with Crippen LogP contribution in [0.15, 0.2) is 34.8 Å². The predicted molar refractivity (Wildman–Crippen MR) is 65.5 cm³/mol. The molecule has 112 valence electrons. The van der Waals surface area contributed by atoms with Crippen LogP contribution in [0, 0.1) is 17.5 Å². The van der Waals surface area contributed by atoms with Gasteiger partial charge < -0.3 is 4.74 Å². The van der Waals surface area contributed by atoms with E-state index in [-0.39, 0.29) is 12.1 Å². The third-order valence-electron chi connectivity index (χ3n) is 2.43. The molecule has 0 spiro atoms. The summed E-state index contributed by atoms with van der Waals surface area (Å²) in [5.74, 6) is -5.71. The molecule has 0 saturated carbocycles. The molecule has 0 unspecified atom stereocenters. The van der Waals surface area contributed by atoms with Crippen molar-refractivity contribution in [3.63, 3.8) is 0 Å². The lowest BCUT2D eigenvalue weighted by Gasteiger charge is -2.12. The average molecular weight is 371 g/mol. The Morgan fingerprint density at radius 3 is 1.90 bits per heavy atom. The Kier molecular flexibility index (Phi) is 4.18. The molecular weight excluding hydrogens is 366 g/mol. The van der Waals surface area contributed by atoms with Crippen molar-refractivity contribution >= 4 is 15.9 Å². The number of rotatable bonds is 2. The predicted octanol–water partition coefficient (Wildman–Crippen LogP) is 5.68. The first kappa shape index (κ1) is 15.7. The molecule has 2 rings (SSSR count). The summed E-state index contributed by atoms with van der Waals surface area (Å²) in [6.45, 7) is 0. The minimum Gasteiger partial charge on any atom is -0.448 e. The summed E-state index contributed by atoms with van der Waals surface area (Å²) in [5.41, 5.74) is -1.50. The van der Waals surface area contributed by atoms with E-state index in [1.807, 2.05) is 0 Å². The second kappa shape index (κ2) is 5.59. The van der Waals surface area contributed by atoms with Crippen molar-refractivity contribution in [3.8, 4) is 11.5 Å². The zero-order valence-corrected chi connectivity index (χ0v) is 11.5. The van der Waals surface area contributed by atoms with Gasteiger partial charge in [0.15, 0.2) is 29.0 Å². The van der Waals surface area contributed by atoms with Crippen LogP contribution < -0.4 is 4.74 Å². The Bertz CT molecular complexity index is 660. The van der Waals surface area contributed by atoms with Crippen molar-refractivity contribution in [1.29, 1.82) is 0 Å². The normalized spacial score (nSPS) is 11.6. The maximum absolute atomic E-state index is 13.5. The van der Waals surface area contributed by atoms with Crippen molar-refractivity contribution in [2.75, 3.05) is 0 Å². The number of benzene rings is 2. The Labute approximate surface area is 123 Å². The van der Waals surface area contributed by atoms with Gasteiger partial charge in [0.1, 0.15) is 0 Å². The van der Waals surface area contributed by atoms with Crippen molar-refractivity contribution in [2.24, 2.45) is 0 Å². The number of alkyl halides is 3. The molecule has 0 fully saturated rings. The zero-order chi connectivity index (χ0) is 15.8. The van der Waals surface area contributed by atoms with Gasteiger partial charge in [-0.1, -0.05) is 15.9 Å². The highest BCUT2D eigenvalue weighted by Gasteiger charge is 2.33. The number of hydrogen-bond acceptors (Lipinski definition) is 1. The molecule has 0 aliphatic rings. The first-order valence-corrected chi connectivity index (χ1v) is 6.17. The van der Waals surface area contributed by atoms with E-state index >= 15 is 0 Å². The number of halogens is 7. The van der Waals surface area contributed by atoms with E-state index in [0.717, 1.165) is 12.1 Å². The van der Waals surface area contributed by atoms with Crippen molar-refractivity contribution in [1.82, 2.24) is 0 Å². The van der Waals surface area contributed by atoms with Gasteiger partial charge in [-0.2, -0.15) is 13.2 Å². The summed E-state index contributed by atoms with van der Waals surface area (Å²) < 4.78 is 82.7. The lowest BCUT2D eigenvalue weighted by Crippen LogP contribution is -2.07. The van der Waals surface area contributed by atoms with E-state index in [0.29, 0.717) is 4.47 Å². The summed E-state index contributed by atoms with van der Waals surface area (Å²) in [6, 6.07) is 3.56. The van der Waals surface area contributed by atoms with Crippen LogP contribution in [-0.4, -0.2) is 0 Å². The van der Waals surface area contributed by atoms with Crippen LogP contribution in [0.2, 0.25) is 0 Å². The average Bonchev–Trinajstić information content (AvgIpc) is 2.34. The second-order valence-corrected chi connectivity index (χ2v) is 4.86. The second-order valence-electron chi connectivity index (χ2n) is 3.94. The fourth-order valence-electron chi connectivity index (χ4n) is 1.49. The fraction of sp³-hybridized carbons (Fsp3) is 0.0769. The summed E-state index contributed by atoms with van der Waals surface area (Å²) >= 11 is 2.97. The smallest absolute Gasteiger partial charge is 0.416 e. The number of hydrogen-bond donors (Lipinski definition) is 0. The van der Waals surface area contributed by atoms with Gasteiger partial charge in [0, 0.05) is 4.47 Å². The molecule has 0 radical (unpaired) electrons. The van der Waals surface area contributed by atoms with Gasteiger partial charge in [-0.3, -0.25) is 0 Å². The summed E-state index contributed by atoms with van der Waals surface area (Å²) in [6.07, 6.45) is -4.90. The van der Waals surface area contributed by atoms with Gasteiger partial charge in [0.25, 0.3) is 0 Å². The van der Waals surface area contributed by atoms with Crippen LogP contribution in [0.25, 0.3) is 0 Å². The zero-order valence-electron chi connectivity index (χ0n) is 9.94. The minimum absolute atomic E-state index is 0.0785. The van der Waals surface area contributed by atoms with Crippen LogP contribution >= 0.6 is 15.9 Å².